The lowest BCUT2D eigenvalue weighted by molar-refractivity contribution is -0.232. The zero-order chi connectivity index (χ0) is 16.9. The van der Waals surface area contributed by atoms with Crippen molar-refractivity contribution in [1.82, 2.24) is 9.13 Å². The molecule has 3 aliphatic rings. The van der Waals surface area contributed by atoms with E-state index in [2.05, 4.69) is 0 Å². The Labute approximate surface area is 141 Å². The molecule has 1 aliphatic carbocycles. The number of hydrogen-bond acceptors (Lipinski definition) is 4. The van der Waals surface area contributed by atoms with Crippen molar-refractivity contribution in [2.75, 3.05) is 6.61 Å². The Morgan fingerprint density at radius 1 is 0.917 bits per heavy atom. The maximum absolute atomic E-state index is 13.0. The van der Waals surface area contributed by atoms with E-state index in [1.165, 1.54) is 15.6 Å². The Morgan fingerprint density at radius 2 is 1.62 bits per heavy atom. The van der Waals surface area contributed by atoms with E-state index in [-0.39, 0.29) is 16.7 Å². The highest BCUT2D eigenvalue weighted by molar-refractivity contribution is 5.37. The molecule has 132 valence electrons. The lowest BCUT2D eigenvalue weighted by Crippen LogP contribution is -2.57. The zero-order valence-corrected chi connectivity index (χ0v) is 14.6. The number of aromatic nitrogens is 2. The fourth-order valence-corrected chi connectivity index (χ4v) is 4.92. The largest absolute Gasteiger partial charge is 0.446 e. The maximum Gasteiger partial charge on any atom is 0.333 e. The van der Waals surface area contributed by atoms with Gasteiger partial charge in [0.05, 0.1) is 12.2 Å². The molecule has 24 heavy (non-hydrogen) atoms. The van der Waals surface area contributed by atoms with E-state index >= 15 is 0 Å². The van der Waals surface area contributed by atoms with Gasteiger partial charge >= 0.3 is 5.69 Å². The van der Waals surface area contributed by atoms with Crippen LogP contribution in [0.25, 0.3) is 0 Å². The van der Waals surface area contributed by atoms with Crippen molar-refractivity contribution in [3.05, 3.63) is 26.4 Å². The summed E-state index contributed by atoms with van der Waals surface area (Å²) in [6.07, 6.45) is 9.05. The Morgan fingerprint density at radius 3 is 2.29 bits per heavy atom. The first-order valence-corrected chi connectivity index (χ1v) is 9.12. The molecule has 1 unspecified atom stereocenters. The highest BCUT2D eigenvalue weighted by Gasteiger charge is 2.53. The predicted octanol–water partition coefficient (Wildman–Crippen LogP) is 1.97. The summed E-state index contributed by atoms with van der Waals surface area (Å²) in [5.74, 6) is -0.225. The second kappa shape index (κ2) is 5.48. The average molecular weight is 334 g/mol. The van der Waals surface area contributed by atoms with Crippen molar-refractivity contribution in [3.8, 4) is 5.88 Å². The molecule has 1 saturated heterocycles. The van der Waals surface area contributed by atoms with Crippen molar-refractivity contribution in [2.45, 2.75) is 69.0 Å². The highest BCUT2D eigenvalue weighted by Crippen LogP contribution is 2.52. The van der Waals surface area contributed by atoms with E-state index in [0.29, 0.717) is 18.1 Å². The third kappa shape index (κ3) is 2.19. The van der Waals surface area contributed by atoms with Crippen LogP contribution in [0.5, 0.6) is 5.88 Å². The minimum Gasteiger partial charge on any atom is -0.446 e. The van der Waals surface area contributed by atoms with E-state index < -0.39 is 5.79 Å². The van der Waals surface area contributed by atoms with Gasteiger partial charge in [0.15, 0.2) is 0 Å². The second-order valence-corrected chi connectivity index (χ2v) is 7.72. The molecule has 0 aromatic carbocycles. The van der Waals surface area contributed by atoms with Crippen molar-refractivity contribution < 1.29 is 9.47 Å². The van der Waals surface area contributed by atoms with Gasteiger partial charge in [-0.1, -0.05) is 19.3 Å². The van der Waals surface area contributed by atoms with Crippen molar-refractivity contribution in [2.24, 2.45) is 14.1 Å². The first kappa shape index (κ1) is 15.9. The highest BCUT2D eigenvalue weighted by atomic mass is 16.7. The van der Waals surface area contributed by atoms with Crippen LogP contribution in [0.15, 0.2) is 9.59 Å². The molecule has 4 rings (SSSR count). The lowest BCUT2D eigenvalue weighted by Gasteiger charge is -2.50. The van der Waals surface area contributed by atoms with Gasteiger partial charge in [-0.25, -0.2) is 4.79 Å². The molecule has 0 N–H and O–H groups in total. The summed E-state index contributed by atoms with van der Waals surface area (Å²) < 4.78 is 15.1. The second-order valence-electron chi connectivity index (χ2n) is 7.72. The van der Waals surface area contributed by atoms with Crippen LogP contribution in [0.1, 0.15) is 63.4 Å². The molecule has 1 aromatic heterocycles. The molecule has 2 fully saturated rings. The van der Waals surface area contributed by atoms with E-state index in [4.69, 9.17) is 9.47 Å². The smallest absolute Gasteiger partial charge is 0.333 e. The fourth-order valence-electron chi connectivity index (χ4n) is 4.92. The lowest BCUT2D eigenvalue weighted by atomic mass is 9.64. The normalized spacial score (nSPS) is 28.6. The summed E-state index contributed by atoms with van der Waals surface area (Å²) in [5, 5.41) is 0. The van der Waals surface area contributed by atoms with Crippen LogP contribution in [-0.2, 0) is 24.2 Å². The zero-order valence-electron chi connectivity index (χ0n) is 14.6. The minimum absolute atomic E-state index is 0.194. The first-order chi connectivity index (χ1) is 11.5. The fraction of sp³-hybridized carbons (Fsp3) is 0.778. The molecule has 6 nitrogen and oxygen atoms in total. The molecule has 6 heteroatoms. The van der Waals surface area contributed by atoms with Gasteiger partial charge in [0, 0.05) is 32.4 Å². The van der Waals surface area contributed by atoms with E-state index in [9.17, 15) is 9.59 Å². The molecule has 2 spiro atoms. The molecular weight excluding hydrogens is 308 g/mol. The molecule has 3 heterocycles. The van der Waals surface area contributed by atoms with Gasteiger partial charge in [0.25, 0.3) is 5.56 Å². The molecule has 1 aromatic rings. The number of nitrogens with zero attached hydrogens (tertiary/aromatic N) is 2. The maximum atomic E-state index is 13.0. The van der Waals surface area contributed by atoms with Gasteiger partial charge in [0.1, 0.15) is 0 Å². The Kier molecular flexibility index (Phi) is 3.64. The minimum atomic E-state index is -0.668. The van der Waals surface area contributed by atoms with Crippen LogP contribution in [0, 0.1) is 0 Å². The molecule has 1 atom stereocenters. The van der Waals surface area contributed by atoms with Gasteiger partial charge in [0.2, 0.25) is 11.7 Å². The van der Waals surface area contributed by atoms with Crippen LogP contribution < -0.4 is 16.0 Å². The average Bonchev–Trinajstić information content (AvgIpc) is 2.59. The SMILES string of the molecule is Cn1c2c(c(=O)n(C)c1=O)C1(CCCCC1)CC1(CCCCO1)O2. The van der Waals surface area contributed by atoms with Crippen molar-refractivity contribution in [1.29, 1.82) is 0 Å². The van der Waals surface area contributed by atoms with Gasteiger partial charge in [-0.15, -0.1) is 0 Å². The van der Waals surface area contributed by atoms with Gasteiger partial charge in [-0.05, 0) is 25.7 Å². The molecule has 2 aliphatic heterocycles. The number of rotatable bonds is 0. The molecule has 0 radical (unpaired) electrons. The molecule has 0 amide bonds. The van der Waals surface area contributed by atoms with Gasteiger partial charge in [-0.2, -0.15) is 0 Å². The summed E-state index contributed by atoms with van der Waals surface area (Å²) in [6.45, 7) is 0.685. The molecule has 0 bridgehead atoms. The van der Waals surface area contributed by atoms with E-state index in [0.717, 1.165) is 51.4 Å². The Bertz CT molecular complexity index is 764. The quantitative estimate of drug-likeness (QED) is 0.728. The third-order valence-corrected chi connectivity index (χ3v) is 6.16. The van der Waals surface area contributed by atoms with Crippen molar-refractivity contribution >= 4 is 0 Å². The Hall–Kier alpha value is -1.56. The van der Waals surface area contributed by atoms with E-state index in [1.807, 2.05) is 0 Å². The van der Waals surface area contributed by atoms with Crippen LogP contribution in [-0.4, -0.2) is 21.5 Å². The third-order valence-electron chi connectivity index (χ3n) is 6.16. The van der Waals surface area contributed by atoms with Crippen LogP contribution in [0.4, 0.5) is 0 Å². The predicted molar refractivity (Wildman–Crippen MR) is 89.5 cm³/mol. The summed E-state index contributed by atoms with van der Waals surface area (Å²) in [5.41, 5.74) is -0.0476. The van der Waals surface area contributed by atoms with Gasteiger partial charge in [-0.3, -0.25) is 13.9 Å². The number of fused-ring (bicyclic) bond motifs is 2. The van der Waals surface area contributed by atoms with Crippen LogP contribution in [0.2, 0.25) is 0 Å². The summed E-state index contributed by atoms with van der Waals surface area (Å²) in [7, 11) is 3.25. The van der Waals surface area contributed by atoms with Crippen LogP contribution in [0.3, 0.4) is 0 Å². The first-order valence-electron chi connectivity index (χ1n) is 9.12. The topological polar surface area (TPSA) is 62.5 Å². The van der Waals surface area contributed by atoms with E-state index in [1.54, 1.807) is 14.1 Å². The Balaban J connectivity index is 1.96. The van der Waals surface area contributed by atoms with Crippen LogP contribution >= 0.6 is 0 Å². The van der Waals surface area contributed by atoms with Gasteiger partial charge < -0.3 is 9.47 Å². The molecular formula is C18H26N2O4. The molecule has 1 saturated carbocycles. The summed E-state index contributed by atoms with van der Waals surface area (Å²) in [4.78, 5) is 25.4. The summed E-state index contributed by atoms with van der Waals surface area (Å²) >= 11 is 0. The number of ether oxygens (including phenoxy) is 2. The number of hydrogen-bond donors (Lipinski definition) is 0. The monoisotopic (exact) mass is 334 g/mol. The standard InChI is InChI=1S/C18H26N2O4/c1-19-14(21)13-15(20(2)16(19)22)24-18(10-6-7-11-23-18)12-17(13)8-4-3-5-9-17/h3-12H2,1-2H3. The van der Waals surface area contributed by atoms with Crippen molar-refractivity contribution in [3.63, 3.8) is 0 Å². The summed E-state index contributed by atoms with van der Waals surface area (Å²) in [6, 6.07) is 0.